The molecule has 0 bridgehead atoms. The number of carbonyl (C=O) groups excluding carboxylic acids is 2. The van der Waals surface area contributed by atoms with Crippen LogP contribution in [0, 0.1) is 6.92 Å². The standard InChI is InChI=1S/C19H25N5O2S/c1-13-6-8-15(9-7-13)21-17(26)19-23-22-18(27-19)16(25)20-10-12-24-11-4-3-5-14(24)2/h6-9,14H,3-5,10-12H2,1-2H3,(H,20,25)(H,21,26)/t14-/m0/s1. The van der Waals surface area contributed by atoms with E-state index in [1.807, 2.05) is 31.2 Å². The Bertz CT molecular complexity index is 790. The predicted octanol–water partition coefficient (Wildman–Crippen LogP) is 2.70. The Hall–Kier alpha value is -2.32. The molecule has 144 valence electrons. The van der Waals surface area contributed by atoms with E-state index in [0.717, 1.165) is 30.0 Å². The van der Waals surface area contributed by atoms with Crippen LogP contribution in [0.4, 0.5) is 5.69 Å². The number of amides is 2. The number of hydrogen-bond donors (Lipinski definition) is 2. The highest BCUT2D eigenvalue weighted by Crippen LogP contribution is 2.16. The molecule has 1 aromatic carbocycles. The van der Waals surface area contributed by atoms with Gasteiger partial charge in [0.05, 0.1) is 0 Å². The van der Waals surface area contributed by atoms with Crippen molar-refractivity contribution in [2.45, 2.75) is 39.2 Å². The number of likely N-dealkylation sites (tertiary alicyclic amines) is 1. The fourth-order valence-corrected chi connectivity index (χ4v) is 3.76. The molecule has 0 saturated carbocycles. The average molecular weight is 388 g/mol. The number of nitrogens with one attached hydrogen (secondary N) is 2. The second-order valence-electron chi connectivity index (χ2n) is 6.87. The number of benzene rings is 1. The van der Waals surface area contributed by atoms with E-state index in [1.165, 1.54) is 19.3 Å². The van der Waals surface area contributed by atoms with Crippen molar-refractivity contribution >= 4 is 28.8 Å². The van der Waals surface area contributed by atoms with Gasteiger partial charge >= 0.3 is 0 Å². The van der Waals surface area contributed by atoms with Gasteiger partial charge in [0.2, 0.25) is 10.0 Å². The zero-order valence-corrected chi connectivity index (χ0v) is 16.5. The molecule has 3 rings (SSSR count). The fourth-order valence-electron chi connectivity index (χ4n) is 3.11. The smallest absolute Gasteiger partial charge is 0.286 e. The zero-order chi connectivity index (χ0) is 19.2. The third kappa shape index (κ3) is 5.33. The third-order valence-corrected chi connectivity index (χ3v) is 5.67. The van der Waals surface area contributed by atoms with E-state index in [-0.39, 0.29) is 21.8 Å². The highest BCUT2D eigenvalue weighted by molar-refractivity contribution is 7.15. The van der Waals surface area contributed by atoms with Crippen LogP contribution < -0.4 is 10.6 Å². The number of anilines is 1. The number of carbonyl (C=O) groups is 2. The van der Waals surface area contributed by atoms with E-state index in [0.29, 0.717) is 18.3 Å². The molecule has 1 aliphatic heterocycles. The van der Waals surface area contributed by atoms with E-state index in [9.17, 15) is 9.59 Å². The summed E-state index contributed by atoms with van der Waals surface area (Å²) in [5.74, 6) is -0.649. The van der Waals surface area contributed by atoms with Gasteiger partial charge in [0, 0.05) is 24.8 Å². The number of hydrogen-bond acceptors (Lipinski definition) is 6. The highest BCUT2D eigenvalue weighted by Gasteiger charge is 2.20. The van der Waals surface area contributed by atoms with Crippen molar-refractivity contribution in [3.8, 4) is 0 Å². The number of aromatic nitrogens is 2. The Morgan fingerprint density at radius 3 is 2.56 bits per heavy atom. The topological polar surface area (TPSA) is 87.2 Å². The second kappa shape index (κ2) is 9.05. The molecule has 1 fully saturated rings. The van der Waals surface area contributed by atoms with Crippen LogP contribution in [-0.2, 0) is 0 Å². The monoisotopic (exact) mass is 387 g/mol. The van der Waals surface area contributed by atoms with Crippen LogP contribution in [0.5, 0.6) is 0 Å². The van der Waals surface area contributed by atoms with Crippen molar-refractivity contribution in [1.29, 1.82) is 0 Å². The molecule has 2 amide bonds. The van der Waals surface area contributed by atoms with Crippen molar-refractivity contribution in [3.05, 3.63) is 39.8 Å². The minimum absolute atomic E-state index is 0.172. The molecular formula is C19H25N5O2S. The summed E-state index contributed by atoms with van der Waals surface area (Å²) < 4.78 is 0. The highest BCUT2D eigenvalue weighted by atomic mass is 32.1. The Kier molecular flexibility index (Phi) is 6.52. The maximum Gasteiger partial charge on any atom is 0.286 e. The summed E-state index contributed by atoms with van der Waals surface area (Å²) in [4.78, 5) is 26.9. The summed E-state index contributed by atoms with van der Waals surface area (Å²) in [5, 5.41) is 13.7. The van der Waals surface area contributed by atoms with Gasteiger partial charge in [0.25, 0.3) is 11.8 Å². The van der Waals surface area contributed by atoms with Crippen LogP contribution in [0.25, 0.3) is 0 Å². The van der Waals surface area contributed by atoms with E-state index >= 15 is 0 Å². The molecule has 27 heavy (non-hydrogen) atoms. The molecule has 7 nitrogen and oxygen atoms in total. The number of rotatable bonds is 6. The summed E-state index contributed by atoms with van der Waals surface area (Å²) >= 11 is 0.998. The summed E-state index contributed by atoms with van der Waals surface area (Å²) in [5.41, 5.74) is 1.80. The van der Waals surface area contributed by atoms with Crippen molar-refractivity contribution in [1.82, 2.24) is 20.4 Å². The van der Waals surface area contributed by atoms with Gasteiger partial charge in [-0.05, 0) is 45.4 Å². The zero-order valence-electron chi connectivity index (χ0n) is 15.7. The first-order valence-corrected chi connectivity index (χ1v) is 10.1. The van der Waals surface area contributed by atoms with Crippen LogP contribution in [0.1, 0.15) is 51.4 Å². The molecule has 0 radical (unpaired) electrons. The largest absolute Gasteiger partial charge is 0.349 e. The molecule has 2 N–H and O–H groups in total. The van der Waals surface area contributed by atoms with Crippen LogP contribution >= 0.6 is 11.3 Å². The molecule has 2 heterocycles. The summed E-state index contributed by atoms with van der Waals surface area (Å²) in [6.07, 6.45) is 3.71. The van der Waals surface area contributed by atoms with E-state index in [2.05, 4.69) is 32.7 Å². The van der Waals surface area contributed by atoms with Gasteiger partial charge in [0.1, 0.15) is 0 Å². The molecule has 1 aromatic heterocycles. The molecule has 8 heteroatoms. The lowest BCUT2D eigenvalue weighted by atomic mass is 10.0. The van der Waals surface area contributed by atoms with Crippen molar-refractivity contribution < 1.29 is 9.59 Å². The lowest BCUT2D eigenvalue weighted by molar-refractivity contribution is 0.0936. The van der Waals surface area contributed by atoms with Crippen LogP contribution in [0.3, 0.4) is 0 Å². The van der Waals surface area contributed by atoms with Gasteiger partial charge in [-0.25, -0.2) is 0 Å². The number of piperidine rings is 1. The lowest BCUT2D eigenvalue weighted by Gasteiger charge is -2.33. The van der Waals surface area contributed by atoms with Crippen LogP contribution in [0.15, 0.2) is 24.3 Å². The molecule has 1 aliphatic rings. The molecule has 1 saturated heterocycles. The molecule has 0 unspecified atom stereocenters. The van der Waals surface area contributed by atoms with Crippen LogP contribution in [0.2, 0.25) is 0 Å². The Morgan fingerprint density at radius 2 is 1.85 bits per heavy atom. The van der Waals surface area contributed by atoms with E-state index in [4.69, 9.17) is 0 Å². The maximum atomic E-state index is 12.3. The second-order valence-corrected chi connectivity index (χ2v) is 7.85. The molecule has 2 aromatic rings. The van der Waals surface area contributed by atoms with Crippen LogP contribution in [-0.4, -0.2) is 52.6 Å². The normalized spacial score (nSPS) is 17.5. The van der Waals surface area contributed by atoms with Crippen molar-refractivity contribution in [2.75, 3.05) is 25.0 Å². The summed E-state index contributed by atoms with van der Waals surface area (Å²) in [7, 11) is 0. The van der Waals surface area contributed by atoms with Gasteiger partial charge in [-0.2, -0.15) is 0 Å². The van der Waals surface area contributed by atoms with Crippen molar-refractivity contribution in [2.24, 2.45) is 0 Å². The molecular weight excluding hydrogens is 362 g/mol. The van der Waals surface area contributed by atoms with Gasteiger partial charge in [0.15, 0.2) is 0 Å². The first-order valence-electron chi connectivity index (χ1n) is 9.26. The van der Waals surface area contributed by atoms with Gasteiger partial charge in [-0.15, -0.1) is 10.2 Å². The first kappa shape index (κ1) is 19.4. The first-order chi connectivity index (χ1) is 13.0. The van der Waals surface area contributed by atoms with E-state index in [1.54, 1.807) is 0 Å². The molecule has 0 aliphatic carbocycles. The number of nitrogens with zero attached hydrogens (tertiary/aromatic N) is 3. The quantitative estimate of drug-likeness (QED) is 0.796. The van der Waals surface area contributed by atoms with Gasteiger partial charge in [-0.3, -0.25) is 14.5 Å². The molecule has 0 spiro atoms. The van der Waals surface area contributed by atoms with Gasteiger partial charge < -0.3 is 10.6 Å². The molecule has 1 atom stereocenters. The third-order valence-electron chi connectivity index (χ3n) is 4.75. The SMILES string of the molecule is Cc1ccc(NC(=O)c2nnc(C(=O)NCCN3CCCC[C@@H]3C)s2)cc1. The Balaban J connectivity index is 1.49. The van der Waals surface area contributed by atoms with Gasteiger partial charge in [-0.1, -0.05) is 35.5 Å². The fraction of sp³-hybridized carbons (Fsp3) is 0.474. The lowest BCUT2D eigenvalue weighted by Crippen LogP contribution is -2.42. The Labute approximate surface area is 163 Å². The maximum absolute atomic E-state index is 12.3. The Morgan fingerprint density at radius 1 is 1.15 bits per heavy atom. The minimum Gasteiger partial charge on any atom is -0.349 e. The minimum atomic E-state index is -0.363. The summed E-state index contributed by atoms with van der Waals surface area (Å²) in [6.45, 7) is 6.68. The summed E-state index contributed by atoms with van der Waals surface area (Å²) in [6, 6.07) is 8.04. The number of aryl methyl sites for hydroxylation is 1. The average Bonchev–Trinajstić information content (AvgIpc) is 3.15. The van der Waals surface area contributed by atoms with E-state index < -0.39 is 0 Å². The van der Waals surface area contributed by atoms with Crippen molar-refractivity contribution in [3.63, 3.8) is 0 Å². The predicted molar refractivity (Wildman–Crippen MR) is 106 cm³/mol.